The largest absolute Gasteiger partial charge is 0.465 e. The second kappa shape index (κ2) is 4.28. The normalized spacial score (nSPS) is 10.4. The van der Waals surface area contributed by atoms with Crippen molar-refractivity contribution in [3.63, 3.8) is 0 Å². The van der Waals surface area contributed by atoms with Crippen LogP contribution < -0.4 is 0 Å². The number of esters is 1. The van der Waals surface area contributed by atoms with Crippen molar-refractivity contribution in [3.8, 4) is 0 Å². The number of hydrogen-bond acceptors (Lipinski definition) is 4. The van der Waals surface area contributed by atoms with Gasteiger partial charge in [0.2, 0.25) is 0 Å². The lowest BCUT2D eigenvalue weighted by molar-refractivity contribution is 0.0602. The molecule has 4 nitrogen and oxygen atoms in total. The van der Waals surface area contributed by atoms with E-state index in [9.17, 15) is 4.79 Å². The summed E-state index contributed by atoms with van der Waals surface area (Å²) in [5.41, 5.74) is 1.56. The van der Waals surface area contributed by atoms with Gasteiger partial charge in [0.1, 0.15) is 0 Å². The highest BCUT2D eigenvalue weighted by atomic mass is 16.5. The molecule has 0 aliphatic carbocycles. The maximum atomic E-state index is 11.6. The zero-order chi connectivity index (χ0) is 11.5. The van der Waals surface area contributed by atoms with Crippen LogP contribution in [0.25, 0.3) is 10.9 Å². The fraction of sp³-hybridized carbons (Fsp3) is 0.167. The summed E-state index contributed by atoms with van der Waals surface area (Å²) in [6.07, 6.45) is 0. The van der Waals surface area contributed by atoms with Gasteiger partial charge in [-0.3, -0.25) is 4.98 Å². The van der Waals surface area contributed by atoms with Crippen LogP contribution in [-0.4, -0.2) is 23.2 Å². The van der Waals surface area contributed by atoms with E-state index >= 15 is 0 Å². The summed E-state index contributed by atoms with van der Waals surface area (Å²) in [5, 5.41) is 9.79. The molecular formula is C12H11NO3. The number of ether oxygens (including phenoxy) is 1. The zero-order valence-corrected chi connectivity index (χ0v) is 8.80. The number of pyridine rings is 1. The van der Waals surface area contributed by atoms with E-state index in [4.69, 9.17) is 9.84 Å². The topological polar surface area (TPSA) is 59.4 Å². The summed E-state index contributed by atoms with van der Waals surface area (Å²) >= 11 is 0. The van der Waals surface area contributed by atoms with E-state index in [2.05, 4.69) is 4.98 Å². The molecule has 1 heterocycles. The number of para-hydroxylation sites is 1. The highest BCUT2D eigenvalue weighted by Crippen LogP contribution is 2.19. The smallest absolute Gasteiger partial charge is 0.338 e. The first-order valence-corrected chi connectivity index (χ1v) is 4.84. The Morgan fingerprint density at radius 1 is 1.44 bits per heavy atom. The van der Waals surface area contributed by atoms with Crippen molar-refractivity contribution in [3.05, 3.63) is 41.6 Å². The number of fused-ring (bicyclic) bond motifs is 1. The van der Waals surface area contributed by atoms with Gasteiger partial charge in [0, 0.05) is 5.39 Å². The molecule has 0 aliphatic heterocycles. The molecular weight excluding hydrogens is 206 g/mol. The zero-order valence-electron chi connectivity index (χ0n) is 8.80. The number of aromatic nitrogens is 1. The number of hydrogen-bond donors (Lipinski definition) is 1. The number of nitrogens with zero attached hydrogens (tertiary/aromatic N) is 1. The van der Waals surface area contributed by atoms with Crippen LogP contribution in [0.1, 0.15) is 16.1 Å². The number of aliphatic hydroxyl groups is 1. The Morgan fingerprint density at radius 3 is 2.88 bits per heavy atom. The summed E-state index contributed by atoms with van der Waals surface area (Å²) in [7, 11) is 1.33. The molecule has 0 spiro atoms. The quantitative estimate of drug-likeness (QED) is 0.775. The van der Waals surface area contributed by atoms with Gasteiger partial charge in [0.15, 0.2) is 0 Å². The molecule has 1 N–H and O–H groups in total. The Labute approximate surface area is 92.5 Å². The van der Waals surface area contributed by atoms with Gasteiger partial charge >= 0.3 is 5.97 Å². The van der Waals surface area contributed by atoms with Crippen LogP contribution in [0.5, 0.6) is 0 Å². The molecule has 0 bridgehead atoms. The second-order valence-electron chi connectivity index (χ2n) is 3.33. The summed E-state index contributed by atoms with van der Waals surface area (Å²) in [4.78, 5) is 15.8. The van der Waals surface area contributed by atoms with Crippen LogP contribution in [0.15, 0.2) is 30.3 Å². The average molecular weight is 217 g/mol. The molecule has 16 heavy (non-hydrogen) atoms. The molecule has 0 saturated heterocycles. The minimum Gasteiger partial charge on any atom is -0.465 e. The van der Waals surface area contributed by atoms with Gasteiger partial charge in [-0.15, -0.1) is 0 Å². The van der Waals surface area contributed by atoms with Crippen LogP contribution in [0, 0.1) is 0 Å². The fourth-order valence-corrected chi connectivity index (χ4v) is 1.59. The van der Waals surface area contributed by atoms with E-state index in [1.165, 1.54) is 7.11 Å². The third-order valence-electron chi connectivity index (χ3n) is 2.34. The lowest BCUT2D eigenvalue weighted by Crippen LogP contribution is -2.04. The minimum atomic E-state index is -0.423. The van der Waals surface area contributed by atoms with E-state index in [1.807, 2.05) is 12.1 Å². The second-order valence-corrected chi connectivity index (χ2v) is 3.33. The number of methoxy groups -OCH3 is 1. The highest BCUT2D eigenvalue weighted by molar-refractivity contribution is 6.03. The molecule has 0 fully saturated rings. The Balaban J connectivity index is 2.73. The first-order chi connectivity index (χ1) is 7.76. The van der Waals surface area contributed by atoms with Gasteiger partial charge in [-0.1, -0.05) is 18.2 Å². The molecule has 0 amide bonds. The molecule has 1 aromatic heterocycles. The summed E-state index contributed by atoms with van der Waals surface area (Å²) in [5.74, 6) is -0.423. The summed E-state index contributed by atoms with van der Waals surface area (Å²) in [6.45, 7) is -0.200. The van der Waals surface area contributed by atoms with Crippen LogP contribution in [0.2, 0.25) is 0 Å². The van der Waals surface area contributed by atoms with Gasteiger partial charge in [-0.25, -0.2) is 4.79 Å². The molecule has 82 valence electrons. The van der Waals surface area contributed by atoms with Crippen molar-refractivity contribution in [2.75, 3.05) is 7.11 Å². The third kappa shape index (κ3) is 1.75. The number of benzene rings is 1. The monoisotopic (exact) mass is 217 g/mol. The van der Waals surface area contributed by atoms with Gasteiger partial charge in [-0.2, -0.15) is 0 Å². The molecule has 0 radical (unpaired) electrons. The SMILES string of the molecule is COC(=O)c1cc(CO)nc2ccccc12. The Morgan fingerprint density at radius 2 is 2.19 bits per heavy atom. The summed E-state index contributed by atoms with van der Waals surface area (Å²) in [6, 6.07) is 8.80. The fourth-order valence-electron chi connectivity index (χ4n) is 1.59. The van der Waals surface area contributed by atoms with Gasteiger partial charge < -0.3 is 9.84 Å². The lowest BCUT2D eigenvalue weighted by atomic mass is 10.1. The highest BCUT2D eigenvalue weighted by Gasteiger charge is 2.12. The third-order valence-corrected chi connectivity index (χ3v) is 2.34. The maximum Gasteiger partial charge on any atom is 0.338 e. The van der Waals surface area contributed by atoms with Gasteiger partial charge in [0.05, 0.1) is 30.5 Å². The van der Waals surface area contributed by atoms with Crippen molar-refractivity contribution in [2.45, 2.75) is 6.61 Å². The standard InChI is InChI=1S/C12H11NO3/c1-16-12(15)10-6-8(7-14)13-11-5-3-2-4-9(10)11/h2-6,14H,7H2,1H3. The lowest BCUT2D eigenvalue weighted by Gasteiger charge is -2.06. The van der Waals surface area contributed by atoms with Crippen LogP contribution in [0.3, 0.4) is 0 Å². The molecule has 4 heteroatoms. The Bertz CT molecular complexity index is 537. The van der Waals surface area contributed by atoms with Crippen LogP contribution in [-0.2, 0) is 11.3 Å². The van der Waals surface area contributed by atoms with Crippen molar-refractivity contribution >= 4 is 16.9 Å². The van der Waals surface area contributed by atoms with Crippen molar-refractivity contribution in [1.29, 1.82) is 0 Å². The molecule has 0 saturated carbocycles. The number of carbonyl (C=O) groups excluding carboxylic acids is 1. The van der Waals surface area contributed by atoms with Crippen LogP contribution in [0.4, 0.5) is 0 Å². The Hall–Kier alpha value is -1.94. The number of carbonyl (C=O) groups is 1. The molecule has 0 unspecified atom stereocenters. The predicted molar refractivity (Wildman–Crippen MR) is 59.0 cm³/mol. The minimum absolute atomic E-state index is 0.200. The number of rotatable bonds is 2. The van der Waals surface area contributed by atoms with Gasteiger partial charge in [-0.05, 0) is 12.1 Å². The maximum absolute atomic E-state index is 11.6. The van der Waals surface area contributed by atoms with Crippen LogP contribution >= 0.6 is 0 Å². The predicted octanol–water partition coefficient (Wildman–Crippen LogP) is 1.51. The van der Waals surface area contributed by atoms with Crippen molar-refractivity contribution in [1.82, 2.24) is 4.98 Å². The van der Waals surface area contributed by atoms with E-state index in [0.717, 1.165) is 5.39 Å². The summed E-state index contributed by atoms with van der Waals surface area (Å²) < 4.78 is 4.70. The van der Waals surface area contributed by atoms with Crippen molar-refractivity contribution < 1.29 is 14.6 Å². The molecule has 2 rings (SSSR count). The first-order valence-electron chi connectivity index (χ1n) is 4.84. The molecule has 0 aliphatic rings. The number of aliphatic hydroxyl groups excluding tert-OH is 1. The van der Waals surface area contributed by atoms with Gasteiger partial charge in [0.25, 0.3) is 0 Å². The van der Waals surface area contributed by atoms with E-state index in [-0.39, 0.29) is 6.61 Å². The average Bonchev–Trinajstić information content (AvgIpc) is 2.36. The van der Waals surface area contributed by atoms with E-state index in [1.54, 1.807) is 18.2 Å². The van der Waals surface area contributed by atoms with E-state index in [0.29, 0.717) is 16.8 Å². The molecule has 2 aromatic rings. The molecule has 0 atom stereocenters. The van der Waals surface area contributed by atoms with Crippen molar-refractivity contribution in [2.24, 2.45) is 0 Å². The Kier molecular flexibility index (Phi) is 2.83. The molecule has 1 aromatic carbocycles. The first kappa shape index (κ1) is 10.6. The van der Waals surface area contributed by atoms with E-state index < -0.39 is 5.97 Å².